The first-order valence-electron chi connectivity index (χ1n) is 7.58. The summed E-state index contributed by atoms with van der Waals surface area (Å²) in [5.74, 6) is 0.457. The molecule has 1 rings (SSSR count). The summed E-state index contributed by atoms with van der Waals surface area (Å²) < 4.78 is 14.4. The molecule has 0 saturated carbocycles. The zero-order valence-electron chi connectivity index (χ0n) is 14.4. The van der Waals surface area contributed by atoms with Gasteiger partial charge >= 0.3 is 0 Å². The number of ketones is 1. The molecule has 0 radical (unpaired) electrons. The highest BCUT2D eigenvalue weighted by Gasteiger charge is 2.42. The summed E-state index contributed by atoms with van der Waals surface area (Å²) in [6, 6.07) is -0.0341. The topological polar surface area (TPSA) is 43.4 Å². The van der Waals surface area contributed by atoms with E-state index in [2.05, 4.69) is 26.8 Å². The summed E-state index contributed by atoms with van der Waals surface area (Å²) in [6.07, 6.45) is 5.00. The summed E-state index contributed by atoms with van der Waals surface area (Å²) in [5, 5.41) is 0. The van der Waals surface area contributed by atoms with Crippen LogP contribution in [-0.4, -0.2) is 32.0 Å². The van der Waals surface area contributed by atoms with Crippen molar-refractivity contribution in [1.82, 2.24) is 4.31 Å². The van der Waals surface area contributed by atoms with Gasteiger partial charge in [0.05, 0.1) is 12.6 Å². The molecule has 1 unspecified atom stereocenters. The maximum absolute atomic E-state index is 12.7. The van der Waals surface area contributed by atoms with Crippen LogP contribution in [0.25, 0.3) is 0 Å². The molecule has 0 N–H and O–H groups in total. The molecule has 1 aliphatic rings. The van der Waals surface area contributed by atoms with Gasteiger partial charge in [-0.25, -0.2) is 0 Å². The minimum atomic E-state index is -1.10. The molecular weight excluding hydrogens is 282 g/mol. The van der Waals surface area contributed by atoms with Crippen molar-refractivity contribution in [3.63, 3.8) is 0 Å². The molecule has 1 aliphatic heterocycles. The van der Waals surface area contributed by atoms with Gasteiger partial charge in [0.1, 0.15) is 4.75 Å². The van der Waals surface area contributed by atoms with Gasteiger partial charge in [-0.3, -0.25) is 4.79 Å². The first kappa shape index (κ1) is 18.5. The number of carbonyl (C=O) groups excluding carboxylic acids is 1. The van der Waals surface area contributed by atoms with Crippen molar-refractivity contribution in [3.8, 4) is 0 Å². The molecule has 0 spiro atoms. The van der Waals surface area contributed by atoms with Crippen molar-refractivity contribution >= 4 is 17.1 Å². The van der Waals surface area contributed by atoms with E-state index >= 15 is 0 Å². The van der Waals surface area contributed by atoms with Gasteiger partial charge in [-0.15, -0.1) is 4.31 Å². The molecule has 0 bridgehead atoms. The Labute approximate surface area is 132 Å². The first-order chi connectivity index (χ1) is 9.54. The Bertz CT molecular complexity index is 444. The summed E-state index contributed by atoms with van der Waals surface area (Å²) in [7, 11) is 0. The Morgan fingerprint density at radius 3 is 2.48 bits per heavy atom. The number of nitrogens with zero attached hydrogens (tertiary/aromatic N) is 1. The fraction of sp³-hybridized carbons (Fsp3) is 0.706. The molecule has 0 aromatic rings. The van der Waals surface area contributed by atoms with Gasteiger partial charge < -0.3 is 4.55 Å². The predicted molar refractivity (Wildman–Crippen MR) is 90.4 cm³/mol. The van der Waals surface area contributed by atoms with Crippen LogP contribution in [-0.2, 0) is 16.2 Å². The maximum Gasteiger partial charge on any atom is 0.157 e. The third kappa shape index (κ3) is 4.97. The standard InChI is InChI=1S/C17H29NO2S/c1-12(2)10-13(3)11-16-15(14(4)19)8-9-18(16)21(20)17(5,6)7/h8,10,13,16H,9,11H2,1-7H3/t13-,16-,21?/m0/s1. The van der Waals surface area contributed by atoms with E-state index in [1.165, 1.54) is 5.57 Å². The molecule has 1 heterocycles. The monoisotopic (exact) mass is 311 g/mol. The fourth-order valence-electron chi connectivity index (χ4n) is 2.75. The molecule has 3 nitrogen and oxygen atoms in total. The highest BCUT2D eigenvalue weighted by Crippen LogP contribution is 2.33. The summed E-state index contributed by atoms with van der Waals surface area (Å²) in [6.45, 7) is 14.5. The van der Waals surface area contributed by atoms with Crippen molar-refractivity contribution in [2.45, 2.75) is 65.7 Å². The van der Waals surface area contributed by atoms with Crippen LogP contribution in [0.4, 0.5) is 0 Å². The van der Waals surface area contributed by atoms with E-state index in [-0.39, 0.29) is 16.6 Å². The Morgan fingerprint density at radius 1 is 1.48 bits per heavy atom. The summed E-state index contributed by atoms with van der Waals surface area (Å²) in [4.78, 5) is 11.9. The molecule has 0 amide bonds. The number of rotatable bonds is 5. The van der Waals surface area contributed by atoms with Gasteiger partial charge in [0.15, 0.2) is 5.78 Å². The van der Waals surface area contributed by atoms with E-state index in [0.29, 0.717) is 12.5 Å². The van der Waals surface area contributed by atoms with Crippen LogP contribution in [0.2, 0.25) is 0 Å². The van der Waals surface area contributed by atoms with Gasteiger partial charge in [0, 0.05) is 16.9 Å². The lowest BCUT2D eigenvalue weighted by molar-refractivity contribution is -0.114. The Morgan fingerprint density at radius 2 is 2.05 bits per heavy atom. The average Bonchev–Trinajstić information content (AvgIpc) is 2.68. The van der Waals surface area contributed by atoms with Crippen LogP contribution >= 0.6 is 0 Å². The van der Waals surface area contributed by atoms with Gasteiger partial charge in [0.25, 0.3) is 0 Å². The molecular formula is C17H29NO2S. The van der Waals surface area contributed by atoms with Crippen LogP contribution in [0.15, 0.2) is 23.3 Å². The fourth-order valence-corrected chi connectivity index (χ4v) is 4.10. The maximum atomic E-state index is 12.7. The Hall–Kier alpha value is -0.580. The molecule has 0 aromatic carbocycles. The largest absolute Gasteiger partial charge is 0.597 e. The van der Waals surface area contributed by atoms with Crippen molar-refractivity contribution in [1.29, 1.82) is 0 Å². The lowest BCUT2D eigenvalue weighted by Gasteiger charge is -2.35. The van der Waals surface area contributed by atoms with E-state index in [1.54, 1.807) is 6.92 Å². The highest BCUT2D eigenvalue weighted by atomic mass is 32.2. The van der Waals surface area contributed by atoms with Crippen molar-refractivity contribution in [3.05, 3.63) is 23.3 Å². The Kier molecular flexibility index (Phi) is 6.26. The average molecular weight is 311 g/mol. The van der Waals surface area contributed by atoms with E-state index in [0.717, 1.165) is 12.0 Å². The molecule has 3 atom stereocenters. The zero-order chi connectivity index (χ0) is 16.4. The number of allylic oxidation sites excluding steroid dienone is 2. The molecule has 4 heteroatoms. The number of Topliss-reactive ketones (excluding diaryl/α,β-unsaturated/α-hetero) is 1. The molecule has 0 saturated heterocycles. The molecule has 0 fully saturated rings. The van der Waals surface area contributed by atoms with Crippen LogP contribution in [0, 0.1) is 5.92 Å². The minimum absolute atomic E-state index is 0.0341. The van der Waals surface area contributed by atoms with Gasteiger partial charge in [-0.05, 0) is 53.9 Å². The van der Waals surface area contributed by atoms with Gasteiger partial charge in [-0.1, -0.05) is 24.6 Å². The molecule has 0 aromatic heterocycles. The normalized spacial score (nSPS) is 22.7. The smallest absolute Gasteiger partial charge is 0.157 e. The third-order valence-electron chi connectivity index (χ3n) is 3.55. The van der Waals surface area contributed by atoms with Gasteiger partial charge in [-0.2, -0.15) is 0 Å². The van der Waals surface area contributed by atoms with Crippen LogP contribution in [0.5, 0.6) is 0 Å². The highest BCUT2D eigenvalue weighted by molar-refractivity contribution is 7.90. The number of carbonyl (C=O) groups is 1. The zero-order valence-corrected chi connectivity index (χ0v) is 15.2. The summed E-state index contributed by atoms with van der Waals surface area (Å²) >= 11 is -1.10. The van der Waals surface area contributed by atoms with E-state index in [4.69, 9.17) is 0 Å². The van der Waals surface area contributed by atoms with Crippen LogP contribution < -0.4 is 0 Å². The van der Waals surface area contributed by atoms with E-state index in [9.17, 15) is 9.35 Å². The number of hydrogen-bond donors (Lipinski definition) is 0. The van der Waals surface area contributed by atoms with Crippen molar-refractivity contribution < 1.29 is 9.35 Å². The lowest BCUT2D eigenvalue weighted by atomic mass is 9.94. The summed E-state index contributed by atoms with van der Waals surface area (Å²) in [5.41, 5.74) is 2.10. The second kappa shape index (κ2) is 7.12. The molecule has 0 aliphatic carbocycles. The van der Waals surface area contributed by atoms with Gasteiger partial charge in [0.2, 0.25) is 0 Å². The minimum Gasteiger partial charge on any atom is -0.597 e. The molecule has 21 heavy (non-hydrogen) atoms. The predicted octanol–water partition coefficient (Wildman–Crippen LogP) is 3.64. The molecule has 120 valence electrons. The second-order valence-corrected chi connectivity index (χ2v) is 9.34. The Balaban J connectivity index is 2.96. The SMILES string of the molecule is CC(=O)C1=CCN([S+]([O-])C(C)(C)C)[C@H]1C[C@@H](C)C=C(C)C. The van der Waals surface area contributed by atoms with Crippen molar-refractivity contribution in [2.24, 2.45) is 5.92 Å². The van der Waals surface area contributed by atoms with E-state index in [1.807, 2.05) is 31.2 Å². The van der Waals surface area contributed by atoms with E-state index < -0.39 is 11.4 Å². The van der Waals surface area contributed by atoms with Crippen LogP contribution in [0.1, 0.15) is 54.9 Å². The van der Waals surface area contributed by atoms with Crippen LogP contribution in [0.3, 0.4) is 0 Å². The van der Waals surface area contributed by atoms with Crippen molar-refractivity contribution in [2.75, 3.05) is 6.54 Å². The lowest BCUT2D eigenvalue weighted by Crippen LogP contribution is -2.47. The number of hydrogen-bond acceptors (Lipinski definition) is 3. The second-order valence-electron chi connectivity index (χ2n) is 7.15. The first-order valence-corrected chi connectivity index (χ1v) is 8.69. The third-order valence-corrected chi connectivity index (χ3v) is 5.43. The quantitative estimate of drug-likeness (QED) is 0.575.